The Morgan fingerprint density at radius 2 is 1.81 bits per heavy atom. The van der Waals surface area contributed by atoms with E-state index in [9.17, 15) is 5.11 Å². The molecule has 3 heteroatoms. The molecule has 1 aromatic carbocycles. The molecule has 1 fully saturated rings. The SMILES string of the molecule is NCc1ccc(C2(CO)CCOCC2)cc1. The Kier molecular flexibility index (Phi) is 3.59. The number of rotatable bonds is 3. The predicted octanol–water partition coefficient (Wildman–Crippen LogP) is 1.19. The van der Waals surface area contributed by atoms with E-state index < -0.39 is 0 Å². The fourth-order valence-corrected chi connectivity index (χ4v) is 2.29. The van der Waals surface area contributed by atoms with Gasteiger partial charge in [0.15, 0.2) is 0 Å². The summed E-state index contributed by atoms with van der Waals surface area (Å²) in [6, 6.07) is 8.26. The molecule has 0 unspecified atom stereocenters. The first kappa shape index (κ1) is 11.6. The van der Waals surface area contributed by atoms with Crippen LogP contribution in [0.1, 0.15) is 24.0 Å². The molecular formula is C13H19NO2. The summed E-state index contributed by atoms with van der Waals surface area (Å²) in [4.78, 5) is 0. The maximum atomic E-state index is 9.64. The Hall–Kier alpha value is -0.900. The molecule has 16 heavy (non-hydrogen) atoms. The number of aliphatic hydroxyl groups is 1. The molecule has 88 valence electrons. The lowest BCUT2D eigenvalue weighted by Gasteiger charge is -2.36. The minimum absolute atomic E-state index is 0.106. The van der Waals surface area contributed by atoms with Crippen molar-refractivity contribution < 1.29 is 9.84 Å². The van der Waals surface area contributed by atoms with Crippen LogP contribution in [0.5, 0.6) is 0 Å². The first-order valence-corrected chi connectivity index (χ1v) is 5.79. The molecule has 0 saturated carbocycles. The van der Waals surface area contributed by atoms with Crippen molar-refractivity contribution in [1.29, 1.82) is 0 Å². The molecule has 3 nitrogen and oxygen atoms in total. The number of hydrogen-bond donors (Lipinski definition) is 2. The maximum absolute atomic E-state index is 9.64. The van der Waals surface area contributed by atoms with Gasteiger partial charge in [0.2, 0.25) is 0 Å². The largest absolute Gasteiger partial charge is 0.395 e. The van der Waals surface area contributed by atoms with Crippen LogP contribution in [-0.4, -0.2) is 24.9 Å². The highest BCUT2D eigenvalue weighted by molar-refractivity contribution is 5.30. The van der Waals surface area contributed by atoms with E-state index in [-0.39, 0.29) is 12.0 Å². The van der Waals surface area contributed by atoms with Gasteiger partial charge < -0.3 is 15.6 Å². The predicted molar refractivity (Wildman–Crippen MR) is 63.2 cm³/mol. The molecule has 0 spiro atoms. The molecule has 0 atom stereocenters. The molecule has 0 radical (unpaired) electrons. The molecule has 1 aromatic rings. The smallest absolute Gasteiger partial charge is 0.0529 e. The summed E-state index contributed by atoms with van der Waals surface area (Å²) in [5.41, 5.74) is 7.80. The van der Waals surface area contributed by atoms with Gasteiger partial charge in [0.25, 0.3) is 0 Å². The quantitative estimate of drug-likeness (QED) is 0.806. The van der Waals surface area contributed by atoms with Crippen molar-refractivity contribution in [3.63, 3.8) is 0 Å². The second-order valence-electron chi connectivity index (χ2n) is 4.45. The lowest BCUT2D eigenvalue weighted by atomic mass is 9.75. The zero-order valence-electron chi connectivity index (χ0n) is 9.48. The molecule has 1 aliphatic rings. The van der Waals surface area contributed by atoms with Crippen LogP contribution in [0.4, 0.5) is 0 Å². The molecule has 1 heterocycles. The second-order valence-corrected chi connectivity index (χ2v) is 4.45. The third-order valence-electron chi connectivity index (χ3n) is 3.55. The van der Waals surface area contributed by atoms with Crippen molar-refractivity contribution in [3.05, 3.63) is 35.4 Å². The highest BCUT2D eigenvalue weighted by Crippen LogP contribution is 2.34. The van der Waals surface area contributed by atoms with E-state index in [0.717, 1.165) is 31.6 Å². The standard InChI is InChI=1S/C13H19NO2/c14-9-11-1-3-12(4-2-11)13(10-15)5-7-16-8-6-13/h1-4,15H,5-10,14H2. The number of ether oxygens (including phenoxy) is 1. The summed E-state index contributed by atoms with van der Waals surface area (Å²) in [5.74, 6) is 0. The van der Waals surface area contributed by atoms with Gasteiger partial charge in [0, 0.05) is 25.2 Å². The van der Waals surface area contributed by atoms with Gasteiger partial charge in [-0.05, 0) is 24.0 Å². The number of nitrogens with two attached hydrogens (primary N) is 1. The molecule has 1 aliphatic heterocycles. The normalized spacial score (nSPS) is 19.6. The van der Waals surface area contributed by atoms with Crippen LogP contribution < -0.4 is 5.73 Å². The molecule has 0 bridgehead atoms. The van der Waals surface area contributed by atoms with E-state index in [1.807, 2.05) is 12.1 Å². The third kappa shape index (κ3) is 2.12. The third-order valence-corrected chi connectivity index (χ3v) is 3.55. The van der Waals surface area contributed by atoms with Gasteiger partial charge in [-0.1, -0.05) is 24.3 Å². The number of aliphatic hydroxyl groups excluding tert-OH is 1. The van der Waals surface area contributed by atoms with Crippen LogP contribution in [0.2, 0.25) is 0 Å². The first-order chi connectivity index (χ1) is 7.80. The van der Waals surface area contributed by atoms with Gasteiger partial charge in [0.1, 0.15) is 0 Å². The van der Waals surface area contributed by atoms with Crippen molar-refractivity contribution in [1.82, 2.24) is 0 Å². The van der Waals surface area contributed by atoms with Gasteiger partial charge in [0.05, 0.1) is 6.61 Å². The zero-order chi connectivity index (χ0) is 11.4. The van der Waals surface area contributed by atoms with Gasteiger partial charge in [-0.15, -0.1) is 0 Å². The molecule has 0 aromatic heterocycles. The molecule has 0 aliphatic carbocycles. The Bertz CT molecular complexity index is 328. The van der Waals surface area contributed by atoms with Crippen molar-refractivity contribution in [2.24, 2.45) is 5.73 Å². The van der Waals surface area contributed by atoms with E-state index >= 15 is 0 Å². The lowest BCUT2D eigenvalue weighted by molar-refractivity contribution is 0.0253. The summed E-state index contributed by atoms with van der Waals surface area (Å²) in [6.45, 7) is 2.23. The summed E-state index contributed by atoms with van der Waals surface area (Å²) in [5, 5.41) is 9.64. The van der Waals surface area contributed by atoms with Crippen molar-refractivity contribution in [2.75, 3.05) is 19.8 Å². The van der Waals surface area contributed by atoms with E-state index in [1.165, 1.54) is 5.56 Å². The van der Waals surface area contributed by atoms with Crippen LogP contribution in [0, 0.1) is 0 Å². The monoisotopic (exact) mass is 221 g/mol. The molecule has 3 N–H and O–H groups in total. The Morgan fingerprint density at radius 3 is 2.31 bits per heavy atom. The summed E-state index contributed by atoms with van der Waals surface area (Å²) in [6.07, 6.45) is 1.79. The van der Waals surface area contributed by atoms with Crippen LogP contribution in [0.3, 0.4) is 0 Å². The highest BCUT2D eigenvalue weighted by atomic mass is 16.5. The topological polar surface area (TPSA) is 55.5 Å². The van der Waals surface area contributed by atoms with Gasteiger partial charge in [-0.2, -0.15) is 0 Å². The summed E-state index contributed by atoms with van der Waals surface area (Å²) < 4.78 is 5.36. The summed E-state index contributed by atoms with van der Waals surface area (Å²) >= 11 is 0. The minimum Gasteiger partial charge on any atom is -0.395 e. The number of hydrogen-bond acceptors (Lipinski definition) is 3. The average Bonchev–Trinajstić information content (AvgIpc) is 2.39. The van der Waals surface area contributed by atoms with E-state index in [4.69, 9.17) is 10.5 Å². The molecule has 0 amide bonds. The van der Waals surface area contributed by atoms with Crippen LogP contribution in [0.15, 0.2) is 24.3 Å². The maximum Gasteiger partial charge on any atom is 0.0529 e. The fourth-order valence-electron chi connectivity index (χ4n) is 2.29. The van der Waals surface area contributed by atoms with Crippen molar-refractivity contribution in [3.8, 4) is 0 Å². The zero-order valence-corrected chi connectivity index (χ0v) is 9.48. The van der Waals surface area contributed by atoms with Crippen molar-refractivity contribution in [2.45, 2.75) is 24.8 Å². The molecular weight excluding hydrogens is 202 g/mol. The van der Waals surface area contributed by atoms with E-state index in [1.54, 1.807) is 0 Å². The molecule has 1 saturated heterocycles. The average molecular weight is 221 g/mol. The first-order valence-electron chi connectivity index (χ1n) is 5.79. The van der Waals surface area contributed by atoms with Crippen LogP contribution in [-0.2, 0) is 16.7 Å². The Balaban J connectivity index is 2.24. The van der Waals surface area contributed by atoms with Gasteiger partial charge in [-0.3, -0.25) is 0 Å². The van der Waals surface area contributed by atoms with E-state index in [2.05, 4.69) is 12.1 Å². The number of benzene rings is 1. The van der Waals surface area contributed by atoms with E-state index in [0.29, 0.717) is 6.54 Å². The van der Waals surface area contributed by atoms with Gasteiger partial charge in [-0.25, -0.2) is 0 Å². The van der Waals surface area contributed by atoms with Crippen molar-refractivity contribution >= 4 is 0 Å². The van der Waals surface area contributed by atoms with Crippen LogP contribution >= 0.6 is 0 Å². The lowest BCUT2D eigenvalue weighted by Crippen LogP contribution is -2.37. The van der Waals surface area contributed by atoms with Crippen LogP contribution in [0.25, 0.3) is 0 Å². The Morgan fingerprint density at radius 1 is 1.19 bits per heavy atom. The highest BCUT2D eigenvalue weighted by Gasteiger charge is 2.33. The Labute approximate surface area is 96.2 Å². The van der Waals surface area contributed by atoms with Gasteiger partial charge >= 0.3 is 0 Å². The summed E-state index contributed by atoms with van der Waals surface area (Å²) in [7, 11) is 0. The second kappa shape index (κ2) is 4.95. The minimum atomic E-state index is -0.106. The molecule has 2 rings (SSSR count). The fraction of sp³-hybridized carbons (Fsp3) is 0.538.